The van der Waals surface area contributed by atoms with Gasteiger partial charge in [-0.15, -0.1) is 0 Å². The standard InChI is InChI=1S/C19H15F3N2O3/c1-2-24-14-10-6-3-7-11(14)16(25)15(18(24)27)17(26)23-13-9-5-4-8-12(13)19(20,21)22/h3-10,15H,2H2,1H3,(H,23,26). The zero-order valence-corrected chi connectivity index (χ0v) is 14.2. The first-order chi connectivity index (χ1) is 12.8. The third-order valence-electron chi connectivity index (χ3n) is 4.30. The van der Waals surface area contributed by atoms with Crippen LogP contribution < -0.4 is 10.2 Å². The molecule has 0 saturated carbocycles. The van der Waals surface area contributed by atoms with Crippen molar-refractivity contribution in [2.75, 3.05) is 16.8 Å². The lowest BCUT2D eigenvalue weighted by Gasteiger charge is -2.31. The van der Waals surface area contributed by atoms with Crippen molar-refractivity contribution in [2.45, 2.75) is 13.1 Å². The van der Waals surface area contributed by atoms with E-state index in [1.165, 1.54) is 23.1 Å². The number of anilines is 2. The fraction of sp³-hybridized carbons (Fsp3) is 0.211. The number of amides is 2. The highest BCUT2D eigenvalue weighted by Gasteiger charge is 2.44. The molecule has 1 aliphatic heterocycles. The van der Waals surface area contributed by atoms with Crippen LogP contribution in [0.4, 0.5) is 24.5 Å². The number of hydrogen-bond acceptors (Lipinski definition) is 3. The number of rotatable bonds is 3. The van der Waals surface area contributed by atoms with E-state index in [9.17, 15) is 27.6 Å². The SMILES string of the molecule is CCN1C(=O)C(C(=O)Nc2ccccc2C(F)(F)F)C(=O)c2ccccc21. The number of carbonyl (C=O) groups excluding carboxylic acids is 3. The average molecular weight is 376 g/mol. The molecule has 0 aliphatic carbocycles. The largest absolute Gasteiger partial charge is 0.418 e. The van der Waals surface area contributed by atoms with E-state index in [4.69, 9.17) is 0 Å². The summed E-state index contributed by atoms with van der Waals surface area (Å²) in [5.74, 6) is -4.32. The predicted octanol–water partition coefficient (Wildman–Crippen LogP) is 3.51. The molecule has 2 aromatic rings. The van der Waals surface area contributed by atoms with E-state index in [0.29, 0.717) is 5.69 Å². The van der Waals surface area contributed by atoms with Crippen LogP contribution in [0.25, 0.3) is 0 Å². The molecule has 2 amide bonds. The predicted molar refractivity (Wildman–Crippen MR) is 92.4 cm³/mol. The Hall–Kier alpha value is -3.16. The second-order valence-electron chi connectivity index (χ2n) is 5.93. The number of fused-ring (bicyclic) bond motifs is 1. The zero-order chi connectivity index (χ0) is 19.8. The van der Waals surface area contributed by atoms with Gasteiger partial charge in [0, 0.05) is 12.1 Å². The minimum atomic E-state index is -4.69. The Morgan fingerprint density at radius 1 is 1.07 bits per heavy atom. The van der Waals surface area contributed by atoms with E-state index in [-0.39, 0.29) is 12.1 Å². The summed E-state index contributed by atoms with van der Waals surface area (Å²) in [7, 11) is 0. The van der Waals surface area contributed by atoms with Crippen molar-refractivity contribution in [1.29, 1.82) is 0 Å². The first kappa shape index (κ1) is 18.6. The third kappa shape index (κ3) is 3.30. The summed E-state index contributed by atoms with van der Waals surface area (Å²) in [5, 5.41) is 2.10. The molecule has 0 saturated heterocycles. The van der Waals surface area contributed by atoms with Gasteiger partial charge in [0.15, 0.2) is 11.7 Å². The number of Topliss-reactive ketones (excluding diaryl/α,β-unsaturated/α-hetero) is 1. The van der Waals surface area contributed by atoms with Crippen molar-refractivity contribution in [3.8, 4) is 0 Å². The molecule has 1 atom stereocenters. The molecule has 1 N–H and O–H groups in total. The molecule has 8 heteroatoms. The van der Waals surface area contributed by atoms with Gasteiger partial charge in [0.1, 0.15) is 0 Å². The van der Waals surface area contributed by atoms with Crippen LogP contribution in [0.2, 0.25) is 0 Å². The molecule has 0 spiro atoms. The monoisotopic (exact) mass is 376 g/mol. The highest BCUT2D eigenvalue weighted by molar-refractivity contribution is 6.32. The summed E-state index contributed by atoms with van der Waals surface area (Å²) in [6, 6.07) is 10.7. The molecule has 2 aromatic carbocycles. The van der Waals surface area contributed by atoms with E-state index >= 15 is 0 Å². The Kier molecular flexibility index (Phi) is 4.73. The number of para-hydroxylation sites is 2. The maximum absolute atomic E-state index is 13.1. The van der Waals surface area contributed by atoms with Crippen LogP contribution in [0.1, 0.15) is 22.8 Å². The molecule has 140 valence electrons. The van der Waals surface area contributed by atoms with Crippen LogP contribution >= 0.6 is 0 Å². The van der Waals surface area contributed by atoms with Crippen molar-refractivity contribution >= 4 is 29.0 Å². The number of alkyl halides is 3. The minimum absolute atomic E-state index is 0.184. The molecule has 27 heavy (non-hydrogen) atoms. The van der Waals surface area contributed by atoms with E-state index in [1.54, 1.807) is 25.1 Å². The van der Waals surface area contributed by atoms with Gasteiger partial charge in [0.25, 0.3) is 0 Å². The Balaban J connectivity index is 1.97. The lowest BCUT2D eigenvalue weighted by molar-refractivity contribution is -0.137. The molecule has 1 aliphatic rings. The van der Waals surface area contributed by atoms with E-state index < -0.39 is 40.9 Å². The molecular weight excluding hydrogens is 361 g/mol. The van der Waals surface area contributed by atoms with Gasteiger partial charge in [-0.25, -0.2) is 0 Å². The van der Waals surface area contributed by atoms with Gasteiger partial charge in [0.2, 0.25) is 11.8 Å². The molecule has 0 aromatic heterocycles. The van der Waals surface area contributed by atoms with Crippen LogP contribution in [0.15, 0.2) is 48.5 Å². The number of nitrogens with one attached hydrogen (secondary N) is 1. The van der Waals surface area contributed by atoms with Gasteiger partial charge < -0.3 is 10.2 Å². The number of nitrogens with zero attached hydrogens (tertiary/aromatic N) is 1. The molecule has 0 bridgehead atoms. The van der Waals surface area contributed by atoms with Crippen LogP contribution in [-0.2, 0) is 15.8 Å². The number of halogens is 3. The van der Waals surface area contributed by atoms with Gasteiger partial charge in [-0.05, 0) is 31.2 Å². The second kappa shape index (κ2) is 6.86. The molecule has 0 fully saturated rings. The molecule has 0 radical (unpaired) electrons. The van der Waals surface area contributed by atoms with Crippen molar-refractivity contribution in [3.05, 3.63) is 59.7 Å². The molecule has 1 heterocycles. The van der Waals surface area contributed by atoms with Crippen molar-refractivity contribution < 1.29 is 27.6 Å². The third-order valence-corrected chi connectivity index (χ3v) is 4.30. The van der Waals surface area contributed by atoms with Gasteiger partial charge in [0.05, 0.1) is 16.9 Å². The zero-order valence-electron chi connectivity index (χ0n) is 14.2. The van der Waals surface area contributed by atoms with Crippen molar-refractivity contribution in [2.24, 2.45) is 5.92 Å². The summed E-state index contributed by atoms with van der Waals surface area (Å²) in [4.78, 5) is 39.2. The van der Waals surface area contributed by atoms with Gasteiger partial charge in [-0.3, -0.25) is 14.4 Å². The van der Waals surface area contributed by atoms with E-state index in [0.717, 1.165) is 12.1 Å². The number of ketones is 1. The number of hydrogen-bond donors (Lipinski definition) is 1. The lowest BCUT2D eigenvalue weighted by atomic mass is 9.89. The lowest BCUT2D eigenvalue weighted by Crippen LogP contribution is -2.49. The molecule has 5 nitrogen and oxygen atoms in total. The Morgan fingerprint density at radius 2 is 1.70 bits per heavy atom. The van der Waals surface area contributed by atoms with E-state index in [2.05, 4.69) is 5.32 Å². The first-order valence-electron chi connectivity index (χ1n) is 8.17. The molecule has 1 unspecified atom stereocenters. The summed E-state index contributed by atoms with van der Waals surface area (Å²) < 4.78 is 39.3. The highest BCUT2D eigenvalue weighted by atomic mass is 19.4. The summed E-state index contributed by atoms with van der Waals surface area (Å²) in [6.45, 7) is 1.89. The van der Waals surface area contributed by atoms with Crippen LogP contribution in [0.3, 0.4) is 0 Å². The van der Waals surface area contributed by atoms with Gasteiger partial charge in [-0.1, -0.05) is 24.3 Å². The quantitative estimate of drug-likeness (QED) is 0.834. The van der Waals surface area contributed by atoms with Crippen LogP contribution in [0.5, 0.6) is 0 Å². The number of carbonyl (C=O) groups is 3. The van der Waals surface area contributed by atoms with Crippen molar-refractivity contribution in [1.82, 2.24) is 0 Å². The van der Waals surface area contributed by atoms with Crippen LogP contribution in [-0.4, -0.2) is 24.1 Å². The summed E-state index contributed by atoms with van der Waals surface area (Å²) >= 11 is 0. The second-order valence-corrected chi connectivity index (χ2v) is 5.93. The fourth-order valence-electron chi connectivity index (χ4n) is 3.06. The van der Waals surface area contributed by atoms with Crippen LogP contribution in [0, 0.1) is 5.92 Å². The van der Waals surface area contributed by atoms with E-state index in [1.807, 2.05) is 0 Å². The van der Waals surface area contributed by atoms with Gasteiger partial charge in [-0.2, -0.15) is 13.2 Å². The summed E-state index contributed by atoms with van der Waals surface area (Å²) in [5.41, 5.74) is -0.989. The first-order valence-corrected chi connectivity index (χ1v) is 8.17. The smallest absolute Gasteiger partial charge is 0.324 e. The maximum Gasteiger partial charge on any atom is 0.418 e. The molecule has 3 rings (SSSR count). The normalized spacial score (nSPS) is 16.9. The van der Waals surface area contributed by atoms with Crippen molar-refractivity contribution in [3.63, 3.8) is 0 Å². The van der Waals surface area contributed by atoms with Gasteiger partial charge >= 0.3 is 6.18 Å². The fourth-order valence-corrected chi connectivity index (χ4v) is 3.06. The number of benzene rings is 2. The Morgan fingerprint density at radius 3 is 2.37 bits per heavy atom. The average Bonchev–Trinajstić information content (AvgIpc) is 2.62. The minimum Gasteiger partial charge on any atom is -0.324 e. The Labute approximate surface area is 152 Å². The Bertz CT molecular complexity index is 924. The maximum atomic E-state index is 13.1. The topological polar surface area (TPSA) is 66.5 Å². The molecular formula is C19H15F3N2O3. The summed E-state index contributed by atoms with van der Waals surface area (Å²) in [6.07, 6.45) is -4.69. The highest BCUT2D eigenvalue weighted by Crippen LogP contribution is 2.36.